The number of ether oxygens (including phenoxy) is 1. The number of hydrogen-bond acceptors (Lipinski definition) is 4. The summed E-state index contributed by atoms with van der Waals surface area (Å²) in [5.41, 5.74) is -0.194. The van der Waals surface area contributed by atoms with Crippen molar-refractivity contribution in [3.63, 3.8) is 0 Å². The van der Waals surface area contributed by atoms with Crippen molar-refractivity contribution in [1.29, 1.82) is 0 Å². The van der Waals surface area contributed by atoms with E-state index in [1.54, 1.807) is 6.07 Å². The lowest BCUT2D eigenvalue weighted by Crippen LogP contribution is -2.46. The fraction of sp³-hybridized carbons (Fsp3) is 0.471. The predicted octanol–water partition coefficient (Wildman–Crippen LogP) is 1.28. The first kappa shape index (κ1) is 19.6. The molecule has 0 aromatic heterocycles. The Balaban J connectivity index is 2.41. The Morgan fingerprint density at radius 2 is 1.83 bits per heavy atom. The third-order valence-electron chi connectivity index (χ3n) is 2.97. The van der Waals surface area contributed by atoms with E-state index in [-0.39, 0.29) is 24.4 Å². The van der Waals surface area contributed by atoms with E-state index in [0.29, 0.717) is 0 Å². The van der Waals surface area contributed by atoms with E-state index >= 15 is 0 Å². The van der Waals surface area contributed by atoms with Crippen molar-refractivity contribution >= 4 is 17.8 Å². The molecule has 0 bridgehead atoms. The standard InChI is InChI=1S/C17H23FN2O4/c1-17(2,3)19-14(21)10-20(4)15(22)11-24-16(23)9-12-7-5-6-8-13(12)18/h5-8H,9-11H2,1-4H3,(H,19,21). The van der Waals surface area contributed by atoms with Gasteiger partial charge in [-0.15, -0.1) is 0 Å². The minimum absolute atomic E-state index is 0.138. The number of esters is 1. The normalized spacial score (nSPS) is 10.9. The summed E-state index contributed by atoms with van der Waals surface area (Å²) in [5.74, 6) is -2.03. The van der Waals surface area contributed by atoms with Crippen LogP contribution < -0.4 is 5.32 Å². The number of nitrogens with one attached hydrogen (secondary N) is 1. The number of amides is 2. The Kier molecular flexibility index (Phi) is 6.88. The molecule has 2 amide bonds. The van der Waals surface area contributed by atoms with Crippen LogP contribution in [-0.2, 0) is 25.5 Å². The maximum atomic E-state index is 13.4. The smallest absolute Gasteiger partial charge is 0.310 e. The van der Waals surface area contributed by atoms with E-state index in [4.69, 9.17) is 4.74 Å². The largest absolute Gasteiger partial charge is 0.455 e. The second kappa shape index (κ2) is 8.42. The SMILES string of the molecule is CN(CC(=O)NC(C)(C)C)C(=O)COC(=O)Cc1ccccc1F. The quantitative estimate of drug-likeness (QED) is 0.793. The molecule has 0 aliphatic carbocycles. The average molecular weight is 338 g/mol. The Morgan fingerprint density at radius 3 is 2.42 bits per heavy atom. The van der Waals surface area contributed by atoms with Gasteiger partial charge in [0.15, 0.2) is 6.61 Å². The van der Waals surface area contributed by atoms with E-state index in [1.807, 2.05) is 20.8 Å². The van der Waals surface area contributed by atoms with Gasteiger partial charge in [0.2, 0.25) is 5.91 Å². The topological polar surface area (TPSA) is 75.7 Å². The molecule has 7 heteroatoms. The van der Waals surface area contributed by atoms with E-state index in [2.05, 4.69) is 5.32 Å². The van der Waals surface area contributed by atoms with Crippen molar-refractivity contribution in [2.24, 2.45) is 0 Å². The third-order valence-corrected chi connectivity index (χ3v) is 2.97. The highest BCUT2D eigenvalue weighted by Gasteiger charge is 2.19. The fourth-order valence-electron chi connectivity index (χ4n) is 1.86. The molecule has 6 nitrogen and oxygen atoms in total. The van der Waals surface area contributed by atoms with Crippen LogP contribution in [0.5, 0.6) is 0 Å². The number of halogens is 1. The number of benzene rings is 1. The Labute approximate surface area is 141 Å². The molecule has 0 atom stereocenters. The van der Waals surface area contributed by atoms with Crippen LogP contribution in [0.2, 0.25) is 0 Å². The van der Waals surface area contributed by atoms with Crippen LogP contribution >= 0.6 is 0 Å². The van der Waals surface area contributed by atoms with Crippen LogP contribution in [0, 0.1) is 5.82 Å². The zero-order valence-corrected chi connectivity index (χ0v) is 14.4. The summed E-state index contributed by atoms with van der Waals surface area (Å²) in [4.78, 5) is 36.4. The van der Waals surface area contributed by atoms with Crippen LogP contribution in [0.4, 0.5) is 4.39 Å². The number of carbonyl (C=O) groups is 3. The molecule has 0 heterocycles. The highest BCUT2D eigenvalue weighted by atomic mass is 19.1. The van der Waals surface area contributed by atoms with Gasteiger partial charge in [0.1, 0.15) is 5.82 Å². The number of hydrogen-bond donors (Lipinski definition) is 1. The molecule has 0 saturated heterocycles. The summed E-state index contributed by atoms with van der Waals surface area (Å²) >= 11 is 0. The van der Waals surface area contributed by atoms with Gasteiger partial charge < -0.3 is 15.0 Å². The van der Waals surface area contributed by atoms with Gasteiger partial charge in [-0.25, -0.2) is 4.39 Å². The molecular formula is C17H23FN2O4. The summed E-state index contributed by atoms with van der Waals surface area (Å²) in [7, 11) is 1.44. The van der Waals surface area contributed by atoms with Crippen molar-refractivity contribution in [1.82, 2.24) is 10.2 Å². The van der Waals surface area contributed by atoms with Gasteiger partial charge in [0.25, 0.3) is 5.91 Å². The lowest BCUT2D eigenvalue weighted by Gasteiger charge is -2.23. The number of rotatable bonds is 6. The Bertz CT molecular complexity index is 611. The maximum absolute atomic E-state index is 13.4. The summed E-state index contributed by atoms with van der Waals surface area (Å²) in [5, 5.41) is 2.73. The minimum Gasteiger partial charge on any atom is -0.455 e. The number of carbonyl (C=O) groups excluding carboxylic acids is 3. The number of likely N-dealkylation sites (N-methyl/N-ethyl adjacent to an activating group) is 1. The summed E-state index contributed by atoms with van der Waals surface area (Å²) in [6, 6.07) is 5.85. The molecule has 1 aromatic carbocycles. The lowest BCUT2D eigenvalue weighted by molar-refractivity contribution is -0.151. The van der Waals surface area contributed by atoms with E-state index in [0.717, 1.165) is 4.90 Å². The molecule has 0 aliphatic heterocycles. The summed E-state index contributed by atoms with van der Waals surface area (Å²) in [6.45, 7) is 4.86. The first-order chi connectivity index (χ1) is 11.1. The highest BCUT2D eigenvalue weighted by Crippen LogP contribution is 2.07. The molecule has 0 saturated carbocycles. The molecule has 1 N–H and O–H groups in total. The van der Waals surface area contributed by atoms with Gasteiger partial charge >= 0.3 is 5.97 Å². The van der Waals surface area contributed by atoms with E-state index in [9.17, 15) is 18.8 Å². The third kappa shape index (κ3) is 7.21. The van der Waals surface area contributed by atoms with Crippen molar-refractivity contribution in [3.8, 4) is 0 Å². The van der Waals surface area contributed by atoms with Gasteiger partial charge in [-0.1, -0.05) is 18.2 Å². The fourth-order valence-corrected chi connectivity index (χ4v) is 1.86. The lowest BCUT2D eigenvalue weighted by atomic mass is 10.1. The molecular weight excluding hydrogens is 315 g/mol. The van der Waals surface area contributed by atoms with Gasteiger partial charge in [0.05, 0.1) is 13.0 Å². The molecule has 24 heavy (non-hydrogen) atoms. The monoisotopic (exact) mass is 338 g/mol. The molecule has 132 valence electrons. The molecule has 1 aromatic rings. The molecule has 0 aliphatic rings. The van der Waals surface area contributed by atoms with Crippen LogP contribution in [0.15, 0.2) is 24.3 Å². The van der Waals surface area contributed by atoms with Crippen molar-refractivity contribution in [2.45, 2.75) is 32.7 Å². The Hall–Kier alpha value is -2.44. The molecule has 1 rings (SSSR count). The second-order valence-electron chi connectivity index (χ2n) is 6.48. The van der Waals surface area contributed by atoms with Crippen LogP contribution in [0.25, 0.3) is 0 Å². The first-order valence-electron chi connectivity index (χ1n) is 7.52. The average Bonchev–Trinajstić information content (AvgIpc) is 2.45. The highest BCUT2D eigenvalue weighted by molar-refractivity contribution is 5.86. The van der Waals surface area contributed by atoms with E-state index in [1.165, 1.54) is 25.2 Å². The van der Waals surface area contributed by atoms with Gasteiger partial charge in [-0.05, 0) is 32.4 Å². The minimum atomic E-state index is -0.707. The van der Waals surface area contributed by atoms with Gasteiger partial charge in [-0.3, -0.25) is 14.4 Å². The van der Waals surface area contributed by atoms with Crippen molar-refractivity contribution in [2.75, 3.05) is 20.2 Å². The number of nitrogens with zero attached hydrogens (tertiary/aromatic N) is 1. The van der Waals surface area contributed by atoms with Gasteiger partial charge in [-0.2, -0.15) is 0 Å². The first-order valence-corrected chi connectivity index (χ1v) is 7.52. The maximum Gasteiger partial charge on any atom is 0.310 e. The van der Waals surface area contributed by atoms with Crippen LogP contribution in [-0.4, -0.2) is 48.4 Å². The van der Waals surface area contributed by atoms with E-state index < -0.39 is 29.8 Å². The Morgan fingerprint density at radius 1 is 1.21 bits per heavy atom. The van der Waals surface area contributed by atoms with Crippen molar-refractivity contribution in [3.05, 3.63) is 35.6 Å². The zero-order chi connectivity index (χ0) is 18.3. The molecule has 0 unspecified atom stereocenters. The molecule has 0 fully saturated rings. The predicted molar refractivity (Wildman–Crippen MR) is 86.6 cm³/mol. The summed E-state index contributed by atoms with van der Waals surface area (Å²) < 4.78 is 18.3. The molecule has 0 spiro atoms. The second-order valence-corrected chi connectivity index (χ2v) is 6.48. The van der Waals surface area contributed by atoms with Crippen LogP contribution in [0.3, 0.4) is 0 Å². The van der Waals surface area contributed by atoms with Crippen LogP contribution in [0.1, 0.15) is 26.3 Å². The summed E-state index contributed by atoms with van der Waals surface area (Å²) in [6.07, 6.45) is -0.256. The molecule has 0 radical (unpaired) electrons. The van der Waals surface area contributed by atoms with Crippen molar-refractivity contribution < 1.29 is 23.5 Å². The van der Waals surface area contributed by atoms with Gasteiger partial charge in [0, 0.05) is 12.6 Å². The zero-order valence-electron chi connectivity index (χ0n) is 14.4.